The molecule has 2 aliphatic heterocycles. The van der Waals surface area contributed by atoms with Gasteiger partial charge in [-0.1, -0.05) is 30.3 Å². The van der Waals surface area contributed by atoms with E-state index in [1.807, 2.05) is 6.07 Å². The molecule has 2 saturated heterocycles. The summed E-state index contributed by atoms with van der Waals surface area (Å²) in [5, 5.41) is 6.54. The highest BCUT2D eigenvalue weighted by Gasteiger charge is 2.37. The van der Waals surface area contributed by atoms with Gasteiger partial charge in [0, 0.05) is 26.2 Å². The van der Waals surface area contributed by atoms with E-state index in [2.05, 4.69) is 20.0 Å². The fraction of sp³-hybridized carbons (Fsp3) is 0.591. The molecule has 0 saturated carbocycles. The third kappa shape index (κ3) is 7.16. The van der Waals surface area contributed by atoms with E-state index >= 15 is 0 Å². The van der Waals surface area contributed by atoms with Gasteiger partial charge in [-0.15, -0.1) is 0 Å². The van der Waals surface area contributed by atoms with Crippen molar-refractivity contribution in [2.24, 2.45) is 16.9 Å². The summed E-state index contributed by atoms with van der Waals surface area (Å²) in [6, 6.07) is 7.29. The molecular formula is C22H34N6O4S. The Bertz CT molecular complexity index is 931. The van der Waals surface area contributed by atoms with Crippen molar-refractivity contribution in [3.8, 4) is 0 Å². The van der Waals surface area contributed by atoms with E-state index < -0.39 is 22.1 Å². The summed E-state index contributed by atoms with van der Waals surface area (Å²) in [6.07, 6.45) is 4.78. The SMILES string of the molecule is C[C@H](NS(=O)(=O)Cc1ccccc1)C(=O)N1CCC[C@H]1C(=O)NCC1CCN(C=NN)CC1. The average molecular weight is 479 g/mol. The Morgan fingerprint density at radius 3 is 2.55 bits per heavy atom. The summed E-state index contributed by atoms with van der Waals surface area (Å²) >= 11 is 0. The molecule has 11 heteroatoms. The average Bonchev–Trinajstić information content (AvgIpc) is 3.28. The number of carbonyl (C=O) groups is 2. The minimum absolute atomic E-state index is 0.175. The van der Waals surface area contributed by atoms with Gasteiger partial charge in [0.15, 0.2) is 0 Å². The van der Waals surface area contributed by atoms with Crippen molar-refractivity contribution in [1.82, 2.24) is 19.8 Å². The zero-order chi connectivity index (χ0) is 23.8. The number of nitrogens with two attached hydrogens (primary N) is 1. The van der Waals surface area contributed by atoms with Crippen molar-refractivity contribution in [1.29, 1.82) is 0 Å². The van der Waals surface area contributed by atoms with Gasteiger partial charge in [-0.2, -0.15) is 5.10 Å². The van der Waals surface area contributed by atoms with Crippen LogP contribution in [0.15, 0.2) is 35.4 Å². The number of nitrogens with one attached hydrogen (secondary N) is 2. The summed E-state index contributed by atoms with van der Waals surface area (Å²) in [5.41, 5.74) is 0.643. The zero-order valence-electron chi connectivity index (χ0n) is 19.0. The van der Waals surface area contributed by atoms with E-state index in [9.17, 15) is 18.0 Å². The predicted octanol–water partition coefficient (Wildman–Crippen LogP) is 0.216. The van der Waals surface area contributed by atoms with Crippen LogP contribution in [-0.2, 0) is 25.4 Å². The molecule has 3 rings (SSSR count). The standard InChI is InChI=1S/C22H34N6O4S/c1-17(26-33(31,32)15-19-6-3-2-4-7-19)22(30)28-11-5-8-20(28)21(29)24-14-18-9-12-27(13-10-18)16-25-23/h2-4,6-7,16-18,20,26H,5,8-15,23H2,1H3,(H,24,29)/t17-,20-/m0/s1. The van der Waals surface area contributed by atoms with Gasteiger partial charge in [-0.3, -0.25) is 9.59 Å². The number of hydrazone groups is 1. The molecule has 4 N–H and O–H groups in total. The second kappa shape index (κ2) is 11.5. The number of hydrogen-bond donors (Lipinski definition) is 3. The van der Waals surface area contributed by atoms with Crippen LogP contribution >= 0.6 is 0 Å². The monoisotopic (exact) mass is 478 g/mol. The third-order valence-electron chi connectivity index (χ3n) is 6.21. The predicted molar refractivity (Wildman–Crippen MR) is 126 cm³/mol. The Hall–Kier alpha value is -2.66. The summed E-state index contributed by atoms with van der Waals surface area (Å²) in [4.78, 5) is 29.4. The molecule has 0 aliphatic carbocycles. The number of benzene rings is 1. The van der Waals surface area contributed by atoms with Gasteiger partial charge in [0.1, 0.15) is 12.4 Å². The number of piperidine rings is 1. The van der Waals surface area contributed by atoms with Crippen LogP contribution in [0, 0.1) is 5.92 Å². The minimum Gasteiger partial charge on any atom is -0.361 e. The van der Waals surface area contributed by atoms with Crippen molar-refractivity contribution >= 4 is 28.2 Å². The Balaban J connectivity index is 1.50. The highest BCUT2D eigenvalue weighted by molar-refractivity contribution is 7.88. The molecule has 2 heterocycles. The fourth-order valence-corrected chi connectivity index (χ4v) is 5.79. The normalized spacial score (nSPS) is 20.8. The first-order valence-electron chi connectivity index (χ1n) is 11.4. The van der Waals surface area contributed by atoms with E-state index in [0.717, 1.165) is 25.9 Å². The molecule has 0 bridgehead atoms. The lowest BCUT2D eigenvalue weighted by molar-refractivity contribution is -0.139. The maximum atomic E-state index is 13.0. The van der Waals surface area contributed by atoms with Gasteiger partial charge < -0.3 is 21.0 Å². The molecule has 182 valence electrons. The van der Waals surface area contributed by atoms with Gasteiger partial charge in [0.25, 0.3) is 0 Å². The van der Waals surface area contributed by atoms with Crippen molar-refractivity contribution in [2.75, 3.05) is 26.2 Å². The molecule has 0 unspecified atom stereocenters. The topological polar surface area (TPSA) is 137 Å². The molecule has 2 fully saturated rings. The van der Waals surface area contributed by atoms with E-state index in [0.29, 0.717) is 37.4 Å². The van der Waals surface area contributed by atoms with E-state index in [1.54, 1.807) is 30.6 Å². The third-order valence-corrected chi connectivity index (χ3v) is 7.63. The van der Waals surface area contributed by atoms with Crippen LogP contribution in [0.3, 0.4) is 0 Å². The smallest absolute Gasteiger partial charge is 0.242 e. The first-order chi connectivity index (χ1) is 15.8. The van der Waals surface area contributed by atoms with E-state index in [4.69, 9.17) is 5.84 Å². The van der Waals surface area contributed by atoms with Crippen LogP contribution in [0.1, 0.15) is 38.2 Å². The van der Waals surface area contributed by atoms with E-state index in [1.165, 1.54) is 11.8 Å². The Labute approximate surface area is 195 Å². The second-order valence-corrected chi connectivity index (χ2v) is 10.5. The summed E-state index contributed by atoms with van der Waals surface area (Å²) in [7, 11) is -3.70. The molecule has 2 amide bonds. The first-order valence-corrected chi connectivity index (χ1v) is 13.0. The highest BCUT2D eigenvalue weighted by Crippen LogP contribution is 2.20. The van der Waals surface area contributed by atoms with Crippen molar-refractivity contribution in [3.63, 3.8) is 0 Å². The van der Waals surface area contributed by atoms with Crippen LogP contribution in [0.5, 0.6) is 0 Å². The molecule has 0 aromatic heterocycles. The van der Waals surface area contributed by atoms with Crippen molar-refractivity contribution in [2.45, 2.75) is 50.4 Å². The lowest BCUT2D eigenvalue weighted by atomic mass is 9.97. The van der Waals surface area contributed by atoms with Gasteiger partial charge in [0.2, 0.25) is 21.8 Å². The maximum Gasteiger partial charge on any atom is 0.242 e. The van der Waals surface area contributed by atoms with Gasteiger partial charge >= 0.3 is 0 Å². The largest absolute Gasteiger partial charge is 0.361 e. The zero-order valence-corrected chi connectivity index (χ0v) is 19.8. The lowest BCUT2D eigenvalue weighted by Gasteiger charge is -2.31. The number of amides is 2. The van der Waals surface area contributed by atoms with Gasteiger partial charge in [0.05, 0.1) is 11.8 Å². The lowest BCUT2D eigenvalue weighted by Crippen LogP contribution is -2.53. The van der Waals surface area contributed by atoms with Crippen LogP contribution in [-0.4, -0.2) is 74.6 Å². The fourth-order valence-electron chi connectivity index (χ4n) is 4.44. The quantitative estimate of drug-likeness (QED) is 0.201. The highest BCUT2D eigenvalue weighted by atomic mass is 32.2. The second-order valence-electron chi connectivity index (χ2n) is 8.76. The van der Waals surface area contributed by atoms with Gasteiger partial charge in [-0.25, -0.2) is 13.1 Å². The summed E-state index contributed by atoms with van der Waals surface area (Å²) in [6.45, 7) is 4.21. The van der Waals surface area contributed by atoms with Crippen molar-refractivity contribution in [3.05, 3.63) is 35.9 Å². The number of nitrogens with zero attached hydrogens (tertiary/aromatic N) is 3. The Morgan fingerprint density at radius 1 is 1.18 bits per heavy atom. The van der Waals surface area contributed by atoms with Crippen LogP contribution in [0.4, 0.5) is 0 Å². The van der Waals surface area contributed by atoms with Crippen LogP contribution in [0.25, 0.3) is 0 Å². The number of hydrogen-bond acceptors (Lipinski definition) is 6. The maximum absolute atomic E-state index is 13.0. The molecular weight excluding hydrogens is 444 g/mol. The first kappa shape index (κ1) is 25.0. The number of sulfonamides is 1. The Morgan fingerprint density at radius 2 is 1.88 bits per heavy atom. The molecule has 1 aromatic carbocycles. The molecule has 2 aliphatic rings. The molecule has 0 spiro atoms. The minimum atomic E-state index is -3.70. The number of carbonyl (C=O) groups excluding carboxylic acids is 2. The van der Waals surface area contributed by atoms with E-state index in [-0.39, 0.29) is 17.6 Å². The Kier molecular flexibility index (Phi) is 8.67. The van der Waals surface area contributed by atoms with Gasteiger partial charge in [-0.05, 0) is 44.1 Å². The van der Waals surface area contributed by atoms with Crippen molar-refractivity contribution < 1.29 is 18.0 Å². The molecule has 33 heavy (non-hydrogen) atoms. The summed E-state index contributed by atoms with van der Waals surface area (Å²) in [5.74, 6) is 4.80. The van der Waals surface area contributed by atoms with Crippen LogP contribution in [0.2, 0.25) is 0 Å². The molecule has 0 radical (unpaired) electrons. The molecule has 1 aromatic rings. The number of rotatable bonds is 9. The molecule has 2 atom stereocenters. The summed E-state index contributed by atoms with van der Waals surface area (Å²) < 4.78 is 27.5. The number of likely N-dealkylation sites (tertiary alicyclic amines) is 2. The van der Waals surface area contributed by atoms with Crippen LogP contribution < -0.4 is 15.9 Å². The molecule has 10 nitrogen and oxygen atoms in total.